The average molecular weight is 274 g/mol. The van der Waals surface area contributed by atoms with Gasteiger partial charge in [-0.2, -0.15) is 11.8 Å². The minimum Gasteiger partial charge on any atom is -0.469 e. The Balaban J connectivity index is 2.52. The summed E-state index contributed by atoms with van der Waals surface area (Å²) in [4.78, 5) is 15.5. The molecule has 1 unspecified atom stereocenters. The third-order valence-electron chi connectivity index (χ3n) is 2.29. The van der Waals surface area contributed by atoms with Gasteiger partial charge in [0.1, 0.15) is 0 Å². The normalized spacial score (nSPS) is 12.2. The summed E-state index contributed by atoms with van der Waals surface area (Å²) in [6.07, 6.45) is 3.40. The van der Waals surface area contributed by atoms with Gasteiger partial charge in [-0.3, -0.25) is 4.79 Å². The summed E-state index contributed by atoms with van der Waals surface area (Å²) in [7, 11) is 1.39. The van der Waals surface area contributed by atoms with Crippen molar-refractivity contribution in [2.45, 2.75) is 25.8 Å². The Kier molecular flexibility index (Phi) is 6.36. The molecule has 0 amide bonds. The van der Waals surface area contributed by atoms with Crippen LogP contribution in [0.25, 0.3) is 0 Å². The van der Waals surface area contributed by atoms with Crippen LogP contribution in [0, 0.1) is 0 Å². The summed E-state index contributed by atoms with van der Waals surface area (Å²) >= 11 is 3.35. The number of carbonyl (C=O) groups is 1. The van der Waals surface area contributed by atoms with Gasteiger partial charge in [0.2, 0.25) is 0 Å². The number of hydrogen-bond acceptors (Lipinski definition) is 6. The molecule has 1 rings (SSSR count). The number of rotatable bonds is 7. The summed E-state index contributed by atoms with van der Waals surface area (Å²) in [5.41, 5.74) is 0.767. The van der Waals surface area contributed by atoms with E-state index in [1.807, 2.05) is 17.1 Å². The van der Waals surface area contributed by atoms with E-state index in [4.69, 9.17) is 0 Å². The first kappa shape index (κ1) is 14.3. The van der Waals surface area contributed by atoms with Crippen molar-refractivity contribution in [3.8, 4) is 0 Å². The van der Waals surface area contributed by atoms with Crippen LogP contribution in [0.2, 0.25) is 0 Å². The van der Waals surface area contributed by atoms with Gasteiger partial charge in [0, 0.05) is 17.2 Å². The lowest BCUT2D eigenvalue weighted by Crippen LogP contribution is -2.20. The Morgan fingerprint density at radius 3 is 3.06 bits per heavy atom. The molecular formula is C11H18N2O2S2. The van der Waals surface area contributed by atoms with E-state index in [2.05, 4.69) is 28.2 Å². The number of nitrogens with zero attached hydrogens (tertiary/aromatic N) is 1. The van der Waals surface area contributed by atoms with Crippen LogP contribution < -0.4 is 5.32 Å². The number of anilines is 1. The van der Waals surface area contributed by atoms with E-state index in [9.17, 15) is 4.79 Å². The van der Waals surface area contributed by atoms with Gasteiger partial charge in [0.15, 0.2) is 5.13 Å². The smallest absolute Gasteiger partial charge is 0.311 e. The molecule has 1 aromatic rings. The number of nitrogens with one attached hydrogen (secondary N) is 1. The van der Waals surface area contributed by atoms with E-state index in [1.165, 1.54) is 18.4 Å². The highest BCUT2D eigenvalue weighted by atomic mass is 32.2. The third kappa shape index (κ3) is 4.95. The van der Waals surface area contributed by atoms with Gasteiger partial charge in [-0.05, 0) is 12.7 Å². The van der Waals surface area contributed by atoms with Crippen molar-refractivity contribution in [1.82, 2.24) is 4.98 Å². The minimum atomic E-state index is -0.252. The zero-order valence-corrected chi connectivity index (χ0v) is 12.0. The SMILES string of the molecule is CCC(CSC)Nc1nc(CC(=O)OC)cs1. The lowest BCUT2D eigenvalue weighted by Gasteiger charge is -2.14. The summed E-state index contributed by atoms with van der Waals surface area (Å²) in [5, 5.41) is 6.15. The third-order valence-corrected chi connectivity index (χ3v) is 3.85. The maximum atomic E-state index is 11.1. The first-order valence-corrected chi connectivity index (χ1v) is 7.73. The standard InChI is InChI=1S/C11H18N2O2S2/c1-4-8(6-16-3)12-11-13-9(7-17-11)5-10(14)15-2/h7-8H,4-6H2,1-3H3,(H,12,13). The highest BCUT2D eigenvalue weighted by Crippen LogP contribution is 2.18. The molecule has 96 valence electrons. The van der Waals surface area contributed by atoms with Crippen molar-refractivity contribution in [2.75, 3.05) is 24.4 Å². The topological polar surface area (TPSA) is 51.2 Å². The molecule has 0 radical (unpaired) electrons. The van der Waals surface area contributed by atoms with Crippen molar-refractivity contribution in [3.63, 3.8) is 0 Å². The van der Waals surface area contributed by atoms with E-state index in [0.29, 0.717) is 6.04 Å². The zero-order valence-electron chi connectivity index (χ0n) is 10.4. The number of esters is 1. The lowest BCUT2D eigenvalue weighted by atomic mass is 10.3. The van der Waals surface area contributed by atoms with Gasteiger partial charge in [0.05, 0.1) is 19.2 Å². The quantitative estimate of drug-likeness (QED) is 0.774. The monoisotopic (exact) mass is 274 g/mol. The van der Waals surface area contributed by atoms with Crippen LogP contribution in [-0.2, 0) is 16.0 Å². The largest absolute Gasteiger partial charge is 0.469 e. The Hall–Kier alpha value is -0.750. The molecule has 0 aliphatic heterocycles. The molecule has 1 atom stereocenters. The second-order valence-corrected chi connectivity index (χ2v) is 5.37. The molecule has 6 heteroatoms. The molecule has 0 aliphatic rings. The van der Waals surface area contributed by atoms with Crippen LogP contribution in [-0.4, -0.2) is 36.1 Å². The van der Waals surface area contributed by atoms with Crippen LogP contribution in [0.3, 0.4) is 0 Å². The summed E-state index contributed by atoms with van der Waals surface area (Å²) in [6, 6.07) is 0.433. The van der Waals surface area contributed by atoms with E-state index in [0.717, 1.165) is 23.0 Å². The predicted molar refractivity (Wildman–Crippen MR) is 73.9 cm³/mol. The van der Waals surface area contributed by atoms with Gasteiger partial charge < -0.3 is 10.1 Å². The Morgan fingerprint density at radius 2 is 2.47 bits per heavy atom. The Labute approximate surface area is 110 Å². The maximum absolute atomic E-state index is 11.1. The highest BCUT2D eigenvalue weighted by Gasteiger charge is 2.10. The minimum absolute atomic E-state index is 0.244. The zero-order chi connectivity index (χ0) is 12.7. The van der Waals surface area contributed by atoms with Crippen molar-refractivity contribution >= 4 is 34.2 Å². The predicted octanol–water partition coefficient (Wildman–Crippen LogP) is 2.41. The summed E-state index contributed by atoms with van der Waals surface area (Å²) < 4.78 is 4.61. The molecule has 4 nitrogen and oxygen atoms in total. The molecule has 0 bridgehead atoms. The molecule has 1 heterocycles. The molecule has 0 aliphatic carbocycles. The molecular weight excluding hydrogens is 256 g/mol. The second kappa shape index (κ2) is 7.55. The van der Waals surface area contributed by atoms with E-state index in [-0.39, 0.29) is 12.4 Å². The average Bonchev–Trinajstić information content (AvgIpc) is 2.75. The number of thioether (sulfide) groups is 1. The van der Waals surface area contributed by atoms with Crippen molar-refractivity contribution in [1.29, 1.82) is 0 Å². The van der Waals surface area contributed by atoms with Crippen LogP contribution in [0.15, 0.2) is 5.38 Å². The van der Waals surface area contributed by atoms with Crippen molar-refractivity contribution < 1.29 is 9.53 Å². The summed E-state index contributed by atoms with van der Waals surface area (Å²) in [5.74, 6) is 0.806. The fourth-order valence-corrected chi connectivity index (χ4v) is 2.82. The Morgan fingerprint density at radius 1 is 1.71 bits per heavy atom. The fourth-order valence-electron chi connectivity index (χ4n) is 1.31. The van der Waals surface area contributed by atoms with Crippen molar-refractivity contribution in [2.24, 2.45) is 0 Å². The molecule has 0 spiro atoms. The maximum Gasteiger partial charge on any atom is 0.311 e. The van der Waals surface area contributed by atoms with E-state index >= 15 is 0 Å². The van der Waals surface area contributed by atoms with E-state index in [1.54, 1.807) is 0 Å². The lowest BCUT2D eigenvalue weighted by molar-refractivity contribution is -0.139. The second-order valence-electron chi connectivity index (χ2n) is 3.60. The number of aromatic nitrogens is 1. The first-order valence-electron chi connectivity index (χ1n) is 5.46. The van der Waals surface area contributed by atoms with Gasteiger partial charge in [0.25, 0.3) is 0 Å². The number of hydrogen-bond donors (Lipinski definition) is 1. The number of ether oxygens (including phenoxy) is 1. The molecule has 1 aromatic heterocycles. The number of thiazole rings is 1. The molecule has 0 fully saturated rings. The van der Waals surface area contributed by atoms with Crippen molar-refractivity contribution in [3.05, 3.63) is 11.1 Å². The number of carbonyl (C=O) groups excluding carboxylic acids is 1. The van der Waals surface area contributed by atoms with Gasteiger partial charge >= 0.3 is 5.97 Å². The summed E-state index contributed by atoms with van der Waals surface area (Å²) in [6.45, 7) is 2.15. The fraction of sp³-hybridized carbons (Fsp3) is 0.636. The van der Waals surface area contributed by atoms with Crippen LogP contribution in [0.1, 0.15) is 19.0 Å². The van der Waals surface area contributed by atoms with Crippen LogP contribution in [0.5, 0.6) is 0 Å². The molecule has 17 heavy (non-hydrogen) atoms. The molecule has 0 saturated heterocycles. The van der Waals surface area contributed by atoms with Gasteiger partial charge in [-0.15, -0.1) is 11.3 Å². The molecule has 0 aromatic carbocycles. The molecule has 1 N–H and O–H groups in total. The van der Waals surface area contributed by atoms with Gasteiger partial charge in [-0.1, -0.05) is 6.92 Å². The van der Waals surface area contributed by atoms with Gasteiger partial charge in [-0.25, -0.2) is 4.98 Å². The van der Waals surface area contributed by atoms with E-state index < -0.39 is 0 Å². The van der Waals surface area contributed by atoms with Crippen LogP contribution >= 0.6 is 23.1 Å². The first-order chi connectivity index (χ1) is 8.19. The molecule has 0 saturated carbocycles. The number of methoxy groups -OCH3 is 1. The highest BCUT2D eigenvalue weighted by molar-refractivity contribution is 7.98. The van der Waals surface area contributed by atoms with Crippen LogP contribution in [0.4, 0.5) is 5.13 Å². The Bertz CT molecular complexity index is 355.